The Morgan fingerprint density at radius 3 is 2.73 bits per heavy atom. The van der Waals surface area contributed by atoms with Gasteiger partial charge in [-0.05, 0) is 25.5 Å². The molecule has 0 aliphatic carbocycles. The van der Waals surface area contributed by atoms with E-state index in [4.69, 9.17) is 4.42 Å². The molecule has 4 nitrogen and oxygen atoms in total. The number of rotatable bonds is 2. The minimum atomic E-state index is -4.49. The summed E-state index contributed by atoms with van der Waals surface area (Å²) in [7, 11) is 0. The largest absolute Gasteiger partial charge is 0.465 e. The molecule has 0 unspecified atom stereocenters. The third-order valence-electron chi connectivity index (χ3n) is 3.86. The highest BCUT2D eigenvalue weighted by Gasteiger charge is 2.35. The lowest BCUT2D eigenvalue weighted by Gasteiger charge is -2.27. The molecule has 118 valence electrons. The van der Waals surface area contributed by atoms with Gasteiger partial charge in [0.25, 0.3) is 0 Å². The SMILES string of the molecule is Cc1cc(CN2CCc3nc(C(F)(F)F)ncc3C2)oc1C. The van der Waals surface area contributed by atoms with Crippen LogP contribution in [0.2, 0.25) is 0 Å². The van der Waals surface area contributed by atoms with Gasteiger partial charge in [-0.1, -0.05) is 0 Å². The van der Waals surface area contributed by atoms with Gasteiger partial charge in [0.05, 0.1) is 12.2 Å². The molecule has 0 bridgehead atoms. The van der Waals surface area contributed by atoms with Crippen molar-refractivity contribution in [2.45, 2.75) is 39.5 Å². The Kier molecular flexibility index (Phi) is 3.68. The molecule has 0 radical (unpaired) electrons. The van der Waals surface area contributed by atoms with E-state index >= 15 is 0 Å². The van der Waals surface area contributed by atoms with Gasteiger partial charge in [0.2, 0.25) is 5.82 Å². The van der Waals surface area contributed by atoms with Gasteiger partial charge in [-0.15, -0.1) is 0 Å². The second kappa shape index (κ2) is 5.39. The van der Waals surface area contributed by atoms with Crippen molar-refractivity contribution in [3.63, 3.8) is 0 Å². The van der Waals surface area contributed by atoms with Crippen LogP contribution in [0, 0.1) is 13.8 Å². The quantitative estimate of drug-likeness (QED) is 0.854. The molecule has 1 aliphatic heterocycles. The van der Waals surface area contributed by atoms with Gasteiger partial charge < -0.3 is 4.42 Å². The van der Waals surface area contributed by atoms with E-state index in [0.717, 1.165) is 22.6 Å². The van der Waals surface area contributed by atoms with E-state index in [1.165, 1.54) is 6.20 Å². The lowest BCUT2D eigenvalue weighted by atomic mass is 10.1. The van der Waals surface area contributed by atoms with E-state index in [0.29, 0.717) is 31.7 Å². The number of furan rings is 1. The maximum atomic E-state index is 12.6. The van der Waals surface area contributed by atoms with Crippen LogP contribution in [0.5, 0.6) is 0 Å². The maximum absolute atomic E-state index is 12.6. The van der Waals surface area contributed by atoms with Gasteiger partial charge >= 0.3 is 6.18 Å². The Bertz CT molecular complexity index is 674. The lowest BCUT2D eigenvalue weighted by molar-refractivity contribution is -0.145. The molecule has 0 aromatic carbocycles. The Balaban J connectivity index is 1.74. The molecule has 0 N–H and O–H groups in total. The van der Waals surface area contributed by atoms with E-state index in [1.54, 1.807) is 0 Å². The molecule has 1 aliphatic rings. The number of hydrogen-bond acceptors (Lipinski definition) is 4. The maximum Gasteiger partial charge on any atom is 0.451 e. The van der Waals surface area contributed by atoms with Crippen molar-refractivity contribution < 1.29 is 17.6 Å². The van der Waals surface area contributed by atoms with Gasteiger partial charge in [-0.2, -0.15) is 13.2 Å². The van der Waals surface area contributed by atoms with Gasteiger partial charge in [0, 0.05) is 31.3 Å². The smallest absolute Gasteiger partial charge is 0.451 e. The molecule has 0 saturated carbocycles. The predicted molar refractivity (Wildman–Crippen MR) is 73.0 cm³/mol. The van der Waals surface area contributed by atoms with Crippen molar-refractivity contribution >= 4 is 0 Å². The van der Waals surface area contributed by atoms with Crippen LogP contribution in [0.3, 0.4) is 0 Å². The molecular formula is C15H16F3N3O. The fraction of sp³-hybridized carbons (Fsp3) is 0.467. The first-order valence-corrected chi connectivity index (χ1v) is 7.03. The van der Waals surface area contributed by atoms with Crippen molar-refractivity contribution in [1.82, 2.24) is 14.9 Å². The van der Waals surface area contributed by atoms with Gasteiger partial charge in [-0.3, -0.25) is 4.90 Å². The number of nitrogens with zero attached hydrogens (tertiary/aromatic N) is 3. The minimum Gasteiger partial charge on any atom is -0.465 e. The molecule has 3 rings (SSSR count). The lowest BCUT2D eigenvalue weighted by Crippen LogP contribution is -2.31. The second-order valence-corrected chi connectivity index (χ2v) is 5.58. The first kappa shape index (κ1) is 15.0. The van der Waals surface area contributed by atoms with E-state index in [9.17, 15) is 13.2 Å². The summed E-state index contributed by atoms with van der Waals surface area (Å²) in [5.74, 6) is 0.703. The van der Waals surface area contributed by atoms with Crippen LogP contribution in [0.25, 0.3) is 0 Å². The highest BCUT2D eigenvalue weighted by Crippen LogP contribution is 2.28. The third kappa shape index (κ3) is 2.99. The van der Waals surface area contributed by atoms with E-state index in [1.807, 2.05) is 19.9 Å². The fourth-order valence-corrected chi connectivity index (χ4v) is 2.59. The summed E-state index contributed by atoms with van der Waals surface area (Å²) in [4.78, 5) is 9.22. The molecule has 2 aromatic heterocycles. The highest BCUT2D eigenvalue weighted by atomic mass is 19.4. The Morgan fingerprint density at radius 1 is 1.32 bits per heavy atom. The first-order chi connectivity index (χ1) is 10.3. The monoisotopic (exact) mass is 311 g/mol. The van der Waals surface area contributed by atoms with Crippen LogP contribution in [0.4, 0.5) is 13.2 Å². The zero-order chi connectivity index (χ0) is 15.9. The average Bonchev–Trinajstić information content (AvgIpc) is 2.75. The van der Waals surface area contributed by atoms with Gasteiger partial charge in [0.1, 0.15) is 11.5 Å². The van der Waals surface area contributed by atoms with Crippen LogP contribution < -0.4 is 0 Å². The molecular weight excluding hydrogens is 295 g/mol. The standard InChI is InChI=1S/C15H16F3N3O/c1-9-5-12(22-10(9)2)8-21-4-3-13-11(7-21)6-19-14(20-13)15(16,17)18/h5-6H,3-4,7-8H2,1-2H3. The topological polar surface area (TPSA) is 42.2 Å². The van der Waals surface area contributed by atoms with Gasteiger partial charge in [0.15, 0.2) is 0 Å². The number of fused-ring (bicyclic) bond motifs is 1. The Morgan fingerprint density at radius 2 is 2.09 bits per heavy atom. The Labute approximate surface area is 126 Å². The predicted octanol–water partition coefficient (Wildman–Crippen LogP) is 3.26. The summed E-state index contributed by atoms with van der Waals surface area (Å²) in [5.41, 5.74) is 2.34. The van der Waals surface area contributed by atoms with Crippen LogP contribution in [-0.4, -0.2) is 21.4 Å². The van der Waals surface area contributed by atoms with Crippen molar-refractivity contribution in [1.29, 1.82) is 0 Å². The highest BCUT2D eigenvalue weighted by molar-refractivity contribution is 5.22. The van der Waals surface area contributed by atoms with E-state index in [-0.39, 0.29) is 0 Å². The van der Waals surface area contributed by atoms with Crippen LogP contribution in [-0.2, 0) is 25.7 Å². The first-order valence-electron chi connectivity index (χ1n) is 7.03. The normalized spacial score (nSPS) is 15.9. The zero-order valence-corrected chi connectivity index (χ0v) is 12.4. The number of hydrogen-bond donors (Lipinski definition) is 0. The molecule has 0 fully saturated rings. The van der Waals surface area contributed by atoms with E-state index < -0.39 is 12.0 Å². The molecule has 7 heteroatoms. The molecule has 22 heavy (non-hydrogen) atoms. The second-order valence-electron chi connectivity index (χ2n) is 5.58. The summed E-state index contributed by atoms with van der Waals surface area (Å²) >= 11 is 0. The van der Waals surface area contributed by atoms with Crippen LogP contribution in [0.1, 0.15) is 34.2 Å². The number of halogens is 3. The fourth-order valence-electron chi connectivity index (χ4n) is 2.59. The number of aromatic nitrogens is 2. The van der Waals surface area contributed by atoms with Gasteiger partial charge in [-0.25, -0.2) is 9.97 Å². The summed E-state index contributed by atoms with van der Waals surface area (Å²) in [6.45, 7) is 5.72. The molecule has 2 aromatic rings. The van der Waals surface area contributed by atoms with Crippen molar-refractivity contribution in [3.8, 4) is 0 Å². The summed E-state index contributed by atoms with van der Waals surface area (Å²) < 4.78 is 43.5. The molecule has 3 heterocycles. The molecule has 0 amide bonds. The summed E-state index contributed by atoms with van der Waals surface area (Å²) in [6.07, 6.45) is -2.72. The summed E-state index contributed by atoms with van der Waals surface area (Å²) in [6, 6.07) is 1.99. The third-order valence-corrected chi connectivity index (χ3v) is 3.86. The van der Waals surface area contributed by atoms with Crippen LogP contribution >= 0.6 is 0 Å². The minimum absolute atomic E-state index is 0.486. The van der Waals surface area contributed by atoms with E-state index in [2.05, 4.69) is 14.9 Å². The molecule has 0 spiro atoms. The number of alkyl halides is 3. The van der Waals surface area contributed by atoms with Crippen molar-refractivity contribution in [2.24, 2.45) is 0 Å². The van der Waals surface area contributed by atoms with Crippen molar-refractivity contribution in [3.05, 3.63) is 46.4 Å². The number of aryl methyl sites for hydroxylation is 2. The van der Waals surface area contributed by atoms with Crippen molar-refractivity contribution in [2.75, 3.05) is 6.54 Å². The average molecular weight is 311 g/mol. The molecule has 0 saturated heterocycles. The Hall–Kier alpha value is -1.89. The molecule has 0 atom stereocenters. The van der Waals surface area contributed by atoms with Crippen LogP contribution in [0.15, 0.2) is 16.7 Å². The zero-order valence-electron chi connectivity index (χ0n) is 12.4. The summed E-state index contributed by atoms with van der Waals surface area (Å²) in [5, 5.41) is 0.